The third kappa shape index (κ3) is 10.8. The molecular formula is C16H34IN5O. The minimum atomic E-state index is -0.205. The Morgan fingerprint density at radius 2 is 1.83 bits per heavy atom. The Morgan fingerprint density at radius 3 is 2.35 bits per heavy atom. The summed E-state index contributed by atoms with van der Waals surface area (Å²) in [5.74, 6) is 1.47. The van der Waals surface area contributed by atoms with Crippen LogP contribution in [0.15, 0.2) is 4.99 Å². The Hall–Kier alpha value is -0.570. The van der Waals surface area contributed by atoms with Gasteiger partial charge in [-0.05, 0) is 66.1 Å². The van der Waals surface area contributed by atoms with E-state index in [9.17, 15) is 4.79 Å². The van der Waals surface area contributed by atoms with Crippen molar-refractivity contribution in [1.29, 1.82) is 0 Å². The van der Waals surface area contributed by atoms with Crippen LogP contribution in [-0.2, 0) is 4.79 Å². The molecule has 0 aromatic carbocycles. The molecule has 0 aromatic rings. The lowest BCUT2D eigenvalue weighted by Gasteiger charge is -2.29. The lowest BCUT2D eigenvalue weighted by Crippen LogP contribution is -2.48. The van der Waals surface area contributed by atoms with E-state index in [1.54, 1.807) is 7.05 Å². The van der Waals surface area contributed by atoms with Crippen molar-refractivity contribution >= 4 is 35.8 Å². The molecule has 1 fully saturated rings. The van der Waals surface area contributed by atoms with Crippen molar-refractivity contribution in [3.05, 3.63) is 0 Å². The molecule has 0 spiro atoms. The first kappa shape index (κ1) is 22.4. The molecule has 1 saturated heterocycles. The Kier molecular flexibility index (Phi) is 10.8. The van der Waals surface area contributed by atoms with Gasteiger partial charge in [-0.25, -0.2) is 0 Å². The number of piperidine rings is 1. The monoisotopic (exact) mass is 439 g/mol. The molecule has 0 aliphatic carbocycles. The Balaban J connectivity index is 0.00000484. The first-order valence-electron chi connectivity index (χ1n) is 8.24. The normalized spacial score (nSPS) is 17.3. The van der Waals surface area contributed by atoms with E-state index in [-0.39, 0.29) is 42.0 Å². The Morgan fingerprint density at radius 1 is 1.22 bits per heavy atom. The highest BCUT2D eigenvalue weighted by molar-refractivity contribution is 14.0. The van der Waals surface area contributed by atoms with Gasteiger partial charge in [-0.15, -0.1) is 24.0 Å². The van der Waals surface area contributed by atoms with E-state index in [0.717, 1.165) is 18.9 Å². The fraction of sp³-hybridized carbons (Fsp3) is 0.875. The van der Waals surface area contributed by atoms with Crippen LogP contribution in [0.2, 0.25) is 0 Å². The summed E-state index contributed by atoms with van der Waals surface area (Å²) in [6, 6.07) is 0. The van der Waals surface area contributed by atoms with Crippen molar-refractivity contribution in [2.75, 3.05) is 40.3 Å². The van der Waals surface area contributed by atoms with Gasteiger partial charge in [-0.3, -0.25) is 9.79 Å². The predicted octanol–water partition coefficient (Wildman–Crippen LogP) is 1.42. The van der Waals surface area contributed by atoms with Crippen molar-refractivity contribution < 1.29 is 4.79 Å². The fourth-order valence-electron chi connectivity index (χ4n) is 2.59. The zero-order valence-corrected chi connectivity index (χ0v) is 17.6. The van der Waals surface area contributed by atoms with Gasteiger partial charge in [-0.1, -0.05) is 0 Å². The van der Waals surface area contributed by atoms with Crippen LogP contribution in [0.25, 0.3) is 0 Å². The fourth-order valence-corrected chi connectivity index (χ4v) is 2.59. The third-order valence-corrected chi connectivity index (χ3v) is 3.84. The van der Waals surface area contributed by atoms with Gasteiger partial charge in [0.1, 0.15) is 0 Å². The molecule has 0 bridgehead atoms. The topological polar surface area (TPSA) is 68.8 Å². The molecule has 1 amide bonds. The molecule has 1 aliphatic heterocycles. The molecular weight excluding hydrogens is 405 g/mol. The van der Waals surface area contributed by atoms with Gasteiger partial charge in [0.25, 0.3) is 0 Å². The molecule has 0 aromatic heterocycles. The summed E-state index contributed by atoms with van der Waals surface area (Å²) >= 11 is 0. The molecule has 0 saturated carbocycles. The molecule has 0 radical (unpaired) electrons. The number of carbonyl (C=O) groups excluding carboxylic acids is 1. The second-order valence-corrected chi connectivity index (χ2v) is 7.19. The summed E-state index contributed by atoms with van der Waals surface area (Å²) in [5.41, 5.74) is -0.205. The van der Waals surface area contributed by atoms with Gasteiger partial charge >= 0.3 is 0 Å². The van der Waals surface area contributed by atoms with Crippen molar-refractivity contribution in [3.63, 3.8) is 0 Å². The maximum absolute atomic E-state index is 11.8. The number of nitrogens with one attached hydrogen (secondary N) is 3. The lowest BCUT2D eigenvalue weighted by molar-refractivity contribution is -0.121. The SMILES string of the molecule is CN=C(NCCC1CCN(C)CC1)NCC(=O)NC(C)(C)C.I. The third-order valence-electron chi connectivity index (χ3n) is 3.84. The number of amides is 1. The molecule has 1 heterocycles. The summed E-state index contributed by atoms with van der Waals surface area (Å²) in [4.78, 5) is 18.3. The van der Waals surface area contributed by atoms with E-state index in [1.165, 1.54) is 25.9 Å². The number of guanidine groups is 1. The molecule has 6 nitrogen and oxygen atoms in total. The summed E-state index contributed by atoms with van der Waals surface area (Å²) in [7, 11) is 3.91. The molecule has 0 unspecified atom stereocenters. The minimum absolute atomic E-state index is 0. The second-order valence-electron chi connectivity index (χ2n) is 7.19. The first-order valence-corrected chi connectivity index (χ1v) is 8.24. The molecule has 23 heavy (non-hydrogen) atoms. The maximum Gasteiger partial charge on any atom is 0.239 e. The average molecular weight is 439 g/mol. The van der Waals surface area contributed by atoms with E-state index < -0.39 is 0 Å². The van der Waals surface area contributed by atoms with Crippen molar-refractivity contribution in [2.24, 2.45) is 10.9 Å². The lowest BCUT2D eigenvalue weighted by atomic mass is 9.94. The number of rotatable bonds is 5. The number of halogens is 1. The molecule has 0 atom stereocenters. The Labute approximate surface area is 158 Å². The largest absolute Gasteiger partial charge is 0.356 e. The van der Waals surface area contributed by atoms with Gasteiger partial charge in [-0.2, -0.15) is 0 Å². The van der Waals surface area contributed by atoms with Crippen LogP contribution >= 0.6 is 24.0 Å². The standard InChI is InChI=1S/C16H33N5O.HI/c1-16(2,3)20-14(22)12-19-15(17-4)18-9-6-13-7-10-21(5)11-8-13;/h13H,6-12H2,1-5H3,(H,20,22)(H2,17,18,19);1H. The number of hydrogen-bond acceptors (Lipinski definition) is 3. The zero-order chi connectivity index (χ0) is 16.6. The highest BCUT2D eigenvalue weighted by Gasteiger charge is 2.16. The maximum atomic E-state index is 11.8. The molecule has 7 heteroatoms. The number of aliphatic imine (C=N–C) groups is 1. The summed E-state index contributed by atoms with van der Waals surface area (Å²) in [6.45, 7) is 9.45. The van der Waals surface area contributed by atoms with Crippen LogP contribution in [0, 0.1) is 5.92 Å². The zero-order valence-electron chi connectivity index (χ0n) is 15.2. The van der Waals surface area contributed by atoms with Gasteiger partial charge in [0, 0.05) is 19.1 Å². The summed E-state index contributed by atoms with van der Waals surface area (Å²) < 4.78 is 0. The predicted molar refractivity (Wildman–Crippen MR) is 108 cm³/mol. The van der Waals surface area contributed by atoms with E-state index in [1.807, 2.05) is 20.8 Å². The van der Waals surface area contributed by atoms with Gasteiger partial charge in [0.2, 0.25) is 5.91 Å². The number of carbonyl (C=O) groups is 1. The van der Waals surface area contributed by atoms with Gasteiger partial charge in [0.15, 0.2) is 5.96 Å². The van der Waals surface area contributed by atoms with Crippen molar-refractivity contribution in [1.82, 2.24) is 20.9 Å². The van der Waals surface area contributed by atoms with E-state index in [2.05, 4.69) is 32.9 Å². The van der Waals surface area contributed by atoms with Gasteiger partial charge in [0.05, 0.1) is 6.54 Å². The van der Waals surface area contributed by atoms with Crippen LogP contribution < -0.4 is 16.0 Å². The van der Waals surface area contributed by atoms with Crippen LogP contribution in [0.4, 0.5) is 0 Å². The highest BCUT2D eigenvalue weighted by atomic mass is 127. The number of hydrogen-bond donors (Lipinski definition) is 3. The second kappa shape index (κ2) is 11.1. The van der Waals surface area contributed by atoms with E-state index >= 15 is 0 Å². The van der Waals surface area contributed by atoms with Crippen LogP contribution in [-0.4, -0.2) is 62.6 Å². The van der Waals surface area contributed by atoms with Crippen LogP contribution in [0.5, 0.6) is 0 Å². The quantitative estimate of drug-likeness (QED) is 0.344. The molecule has 136 valence electrons. The number of nitrogens with zero attached hydrogens (tertiary/aromatic N) is 2. The average Bonchev–Trinajstić information content (AvgIpc) is 2.42. The van der Waals surface area contributed by atoms with E-state index in [4.69, 9.17) is 0 Å². The van der Waals surface area contributed by atoms with Crippen molar-refractivity contribution in [3.8, 4) is 0 Å². The van der Waals surface area contributed by atoms with E-state index in [0.29, 0.717) is 5.96 Å². The molecule has 3 N–H and O–H groups in total. The first-order chi connectivity index (χ1) is 10.3. The smallest absolute Gasteiger partial charge is 0.239 e. The molecule has 1 aliphatic rings. The minimum Gasteiger partial charge on any atom is -0.356 e. The molecule has 1 rings (SSSR count). The Bertz CT molecular complexity index is 373. The van der Waals surface area contributed by atoms with Crippen LogP contribution in [0.1, 0.15) is 40.0 Å². The van der Waals surface area contributed by atoms with Crippen LogP contribution in [0.3, 0.4) is 0 Å². The van der Waals surface area contributed by atoms with Gasteiger partial charge < -0.3 is 20.9 Å². The van der Waals surface area contributed by atoms with Crippen molar-refractivity contribution in [2.45, 2.75) is 45.6 Å². The highest BCUT2D eigenvalue weighted by Crippen LogP contribution is 2.18. The number of likely N-dealkylation sites (tertiary alicyclic amines) is 1. The summed E-state index contributed by atoms with van der Waals surface area (Å²) in [5, 5.41) is 9.27. The summed E-state index contributed by atoms with van der Waals surface area (Å²) in [6.07, 6.45) is 3.71.